The normalized spacial score (nSPS) is 16.4. The van der Waals surface area contributed by atoms with Gasteiger partial charge >= 0.3 is 11.9 Å². The van der Waals surface area contributed by atoms with Gasteiger partial charge in [-0.05, 0) is 67.1 Å². The predicted molar refractivity (Wildman–Crippen MR) is 283 cm³/mol. The van der Waals surface area contributed by atoms with Crippen molar-refractivity contribution in [3.8, 4) is 0 Å². The Labute approximate surface area is 451 Å². The third-order valence-electron chi connectivity index (χ3n) is 13.1. The summed E-state index contributed by atoms with van der Waals surface area (Å²) in [6, 6.07) is 3.13. The quantitative estimate of drug-likeness (QED) is 0.0375. The van der Waals surface area contributed by atoms with Crippen molar-refractivity contribution in [3.05, 3.63) is 71.9 Å². The summed E-state index contributed by atoms with van der Waals surface area (Å²) in [5.74, 6) is -12.3. The van der Waals surface area contributed by atoms with Gasteiger partial charge in [0.25, 0.3) is 0 Å². The summed E-state index contributed by atoms with van der Waals surface area (Å²) < 4.78 is 0. The number of aliphatic hydroxyl groups excluding tert-OH is 1. The lowest BCUT2D eigenvalue weighted by Gasteiger charge is -2.32. The number of nitrogens with two attached hydrogens (primary N) is 2. The lowest BCUT2D eigenvalue weighted by Crippen LogP contribution is -2.61. The Hall–Kier alpha value is -7.93. The predicted octanol–water partition coefficient (Wildman–Crippen LogP) is -1.16. The number of carbonyl (C=O) groups is 11. The molecule has 1 aliphatic rings. The number of carbonyl (C=O) groups excluding carboxylic acids is 9. The number of nitrogens with zero attached hydrogens (tertiary/aromatic N) is 1. The fraction of sp³-hybridized carbons (Fsp3) is 0.528. The number of hydrogen-bond donors (Lipinski definition) is 13. The lowest BCUT2D eigenvalue weighted by molar-refractivity contribution is -0.144. The average Bonchev–Trinajstić information content (AvgIpc) is 4.07. The maximum atomic E-state index is 14.5. The highest BCUT2D eigenvalue weighted by Crippen LogP contribution is 2.22. The maximum Gasteiger partial charge on any atom is 0.326 e. The Kier molecular flexibility index (Phi) is 23.7. The number of aromatic nitrogens is 1. The number of aliphatic hydroxyl groups is 1. The van der Waals surface area contributed by atoms with Crippen LogP contribution in [0, 0.1) is 17.8 Å². The van der Waals surface area contributed by atoms with Gasteiger partial charge in [-0.3, -0.25) is 47.9 Å². The number of H-pyrrole nitrogens is 1. The van der Waals surface area contributed by atoms with Crippen LogP contribution in [0.4, 0.5) is 0 Å². The van der Waals surface area contributed by atoms with Gasteiger partial charge in [-0.2, -0.15) is 0 Å². The molecule has 0 unspecified atom stereocenters. The van der Waals surface area contributed by atoms with E-state index in [0.29, 0.717) is 12.0 Å². The molecule has 9 atom stereocenters. The first-order chi connectivity index (χ1) is 36.8. The standard InChI is InChI=1S/C53H75N11O14/c1-27(2)21-36(58-45(69)33(54)23-31-25-56-34-16-11-10-15-32(31)34)47(71)59-38(24-42(67)68)49(73)57-35(18-19-41(55)66)46(70)62-43(28(3)4)52(76)64-20-12-17-40(64)51(75)60-37(22-30-13-8-7-9-14-30)48(72)61-39(26-65)50(74)63-44(29(5)6)53(77)78/h7-11,13-16,25,27-29,33,35-40,43-44,56,65H,12,17-24,26,54H2,1-6H3,(H2,55,66)(H,57,73)(H,58,69)(H,59,71)(H,60,75)(H,61,72)(H,62,70)(H,63,74)(H,67,68)(H,77,78)/t33-,35-,36-,37-,38-,39-,40-,43-,44-/m0/s1. The second-order valence-electron chi connectivity index (χ2n) is 20.6. The SMILES string of the molecule is CC(C)C[C@H](NC(=O)[C@@H](N)Cc1c[nH]c2ccccc12)C(=O)N[C@@H](CC(=O)O)C(=O)N[C@@H](CCC(N)=O)C(=O)N[C@H](C(=O)N1CCC[C@H]1C(=O)N[C@@H](Cc1ccccc1)C(=O)N[C@@H](CO)C(=O)N[C@H](C(=O)O)C(C)C)C(C)C. The summed E-state index contributed by atoms with van der Waals surface area (Å²) in [6.45, 7) is 8.97. The molecule has 25 nitrogen and oxygen atoms in total. The molecule has 0 saturated carbocycles. The number of primary amides is 1. The van der Waals surface area contributed by atoms with Crippen LogP contribution in [-0.2, 0) is 65.6 Å². The molecule has 0 aliphatic carbocycles. The van der Waals surface area contributed by atoms with E-state index in [1.807, 2.05) is 24.3 Å². The van der Waals surface area contributed by atoms with Crippen molar-refractivity contribution < 1.29 is 68.1 Å². The summed E-state index contributed by atoms with van der Waals surface area (Å²) in [5, 5.41) is 47.7. The molecule has 0 bridgehead atoms. The monoisotopic (exact) mass is 1090 g/mol. The van der Waals surface area contributed by atoms with Crippen LogP contribution in [0.15, 0.2) is 60.8 Å². The van der Waals surface area contributed by atoms with Gasteiger partial charge in [-0.15, -0.1) is 0 Å². The van der Waals surface area contributed by atoms with Gasteiger partial charge in [0, 0.05) is 36.5 Å². The van der Waals surface area contributed by atoms with Gasteiger partial charge in [0.05, 0.1) is 19.1 Å². The van der Waals surface area contributed by atoms with E-state index in [1.165, 1.54) is 4.90 Å². The lowest BCUT2D eigenvalue weighted by atomic mass is 10.00. The summed E-state index contributed by atoms with van der Waals surface area (Å²) in [7, 11) is 0. The van der Waals surface area contributed by atoms with E-state index in [1.54, 1.807) is 78.1 Å². The highest BCUT2D eigenvalue weighted by molar-refractivity contribution is 5.99. The molecule has 25 heteroatoms. The summed E-state index contributed by atoms with van der Waals surface area (Å²) in [6.07, 6.45) is 0.332. The number of para-hydroxylation sites is 1. The molecule has 1 saturated heterocycles. The molecule has 15 N–H and O–H groups in total. The number of nitrogens with one attached hydrogen (secondary N) is 8. The molecule has 2 heterocycles. The molecule has 426 valence electrons. The minimum absolute atomic E-state index is 0.0333. The average molecular weight is 1090 g/mol. The number of hydrogen-bond acceptors (Lipinski definition) is 13. The largest absolute Gasteiger partial charge is 0.481 e. The topological polar surface area (TPSA) is 404 Å². The van der Waals surface area contributed by atoms with Gasteiger partial charge in [-0.25, -0.2) is 4.79 Å². The summed E-state index contributed by atoms with van der Waals surface area (Å²) in [5.41, 5.74) is 13.9. The maximum absolute atomic E-state index is 14.5. The van der Waals surface area contributed by atoms with Gasteiger partial charge in [-0.1, -0.05) is 90.1 Å². The van der Waals surface area contributed by atoms with Gasteiger partial charge in [0.1, 0.15) is 48.3 Å². The van der Waals surface area contributed by atoms with Crippen LogP contribution in [0.25, 0.3) is 10.9 Å². The number of aromatic amines is 1. The van der Waals surface area contributed by atoms with Crippen molar-refractivity contribution in [1.29, 1.82) is 0 Å². The highest BCUT2D eigenvalue weighted by atomic mass is 16.4. The Morgan fingerprint density at radius 3 is 1.81 bits per heavy atom. The van der Waals surface area contributed by atoms with Gasteiger partial charge in [0.2, 0.25) is 53.2 Å². The third-order valence-corrected chi connectivity index (χ3v) is 13.1. The second kappa shape index (κ2) is 29.5. The van der Waals surface area contributed by atoms with Crippen LogP contribution in [-0.4, -0.2) is 158 Å². The summed E-state index contributed by atoms with van der Waals surface area (Å²) >= 11 is 0. The second-order valence-corrected chi connectivity index (χ2v) is 20.6. The van der Waals surface area contributed by atoms with Crippen molar-refractivity contribution in [1.82, 2.24) is 47.1 Å². The molecule has 1 fully saturated rings. The summed E-state index contributed by atoms with van der Waals surface area (Å²) in [4.78, 5) is 151. The minimum atomic E-state index is -1.83. The van der Waals surface area contributed by atoms with Gasteiger partial charge in [0.15, 0.2) is 0 Å². The number of fused-ring (bicyclic) bond motifs is 1. The van der Waals surface area contributed by atoms with E-state index in [0.717, 1.165) is 16.5 Å². The Balaban J connectivity index is 1.51. The molecule has 78 heavy (non-hydrogen) atoms. The minimum Gasteiger partial charge on any atom is -0.481 e. The van der Waals surface area contributed by atoms with Crippen LogP contribution < -0.4 is 48.7 Å². The Bertz CT molecular complexity index is 2630. The van der Waals surface area contributed by atoms with Crippen molar-refractivity contribution >= 4 is 76.0 Å². The number of rotatable bonds is 30. The van der Waals surface area contributed by atoms with E-state index < -0.39 is 157 Å². The first-order valence-electron chi connectivity index (χ1n) is 25.9. The molecule has 4 rings (SSSR count). The number of amides is 9. The number of likely N-dealkylation sites (tertiary alicyclic amines) is 1. The van der Waals surface area contributed by atoms with Gasteiger partial charge < -0.3 is 73.9 Å². The van der Waals surface area contributed by atoms with E-state index in [-0.39, 0.29) is 38.1 Å². The fourth-order valence-electron chi connectivity index (χ4n) is 8.91. The van der Waals surface area contributed by atoms with Crippen LogP contribution >= 0.6 is 0 Å². The van der Waals surface area contributed by atoms with Crippen LogP contribution in [0.2, 0.25) is 0 Å². The van der Waals surface area contributed by atoms with Crippen molar-refractivity contribution in [3.63, 3.8) is 0 Å². The molecule has 0 radical (unpaired) electrons. The van der Waals surface area contributed by atoms with Crippen molar-refractivity contribution in [2.45, 2.75) is 147 Å². The fourth-order valence-corrected chi connectivity index (χ4v) is 8.91. The number of carboxylic acids is 2. The van der Waals surface area contributed by atoms with Crippen LogP contribution in [0.5, 0.6) is 0 Å². The van der Waals surface area contributed by atoms with Crippen molar-refractivity contribution in [2.24, 2.45) is 29.2 Å². The van der Waals surface area contributed by atoms with E-state index in [2.05, 4.69) is 42.2 Å². The van der Waals surface area contributed by atoms with Crippen LogP contribution in [0.3, 0.4) is 0 Å². The zero-order valence-electron chi connectivity index (χ0n) is 44.7. The molecule has 2 aromatic carbocycles. The molecule has 1 aliphatic heterocycles. The third kappa shape index (κ3) is 18.4. The molecular formula is C53H75N11O14. The first-order valence-corrected chi connectivity index (χ1v) is 25.9. The van der Waals surface area contributed by atoms with E-state index in [4.69, 9.17) is 11.5 Å². The smallest absolute Gasteiger partial charge is 0.326 e. The number of aliphatic carboxylic acids is 2. The molecule has 1 aromatic heterocycles. The molecule has 0 spiro atoms. The highest BCUT2D eigenvalue weighted by Gasteiger charge is 2.41. The zero-order chi connectivity index (χ0) is 58.0. The molecular weight excluding hydrogens is 1010 g/mol. The molecule has 3 aromatic rings. The van der Waals surface area contributed by atoms with E-state index >= 15 is 0 Å². The van der Waals surface area contributed by atoms with Crippen molar-refractivity contribution in [2.75, 3.05) is 13.2 Å². The molecule has 9 amide bonds. The van der Waals surface area contributed by atoms with E-state index in [9.17, 15) is 68.1 Å². The Morgan fingerprint density at radius 1 is 0.654 bits per heavy atom. The Morgan fingerprint density at radius 2 is 1.21 bits per heavy atom. The first kappa shape index (κ1) is 62.6. The van der Waals surface area contributed by atoms with Crippen LogP contribution in [0.1, 0.15) is 91.2 Å². The zero-order valence-corrected chi connectivity index (χ0v) is 44.7. The number of carboxylic acid groups (broad SMARTS) is 2. The number of benzene rings is 2.